The first kappa shape index (κ1) is 18.7. The summed E-state index contributed by atoms with van der Waals surface area (Å²) in [5.74, 6) is -0.573. The number of carbonyl (C=O) groups excluding carboxylic acids is 1. The van der Waals surface area contributed by atoms with Crippen molar-refractivity contribution in [1.29, 1.82) is 0 Å². The number of benzene rings is 3. The molecule has 31 heavy (non-hydrogen) atoms. The van der Waals surface area contributed by atoms with Gasteiger partial charge < -0.3 is 4.42 Å². The van der Waals surface area contributed by atoms with E-state index < -0.39 is 5.91 Å². The molecule has 5 rings (SSSR count). The molecule has 0 bridgehead atoms. The van der Waals surface area contributed by atoms with Crippen LogP contribution < -0.4 is 5.43 Å². The summed E-state index contributed by atoms with van der Waals surface area (Å²) < 4.78 is 18.5. The van der Waals surface area contributed by atoms with Crippen LogP contribution in [0.5, 0.6) is 0 Å². The molecular formula is C25H16FN3O2. The SMILES string of the molecule is O=C(N/N=C/c1cc(-c2ccc(F)cc2)nc2c1ccc1ccccc12)c1ccco1. The lowest BCUT2D eigenvalue weighted by Gasteiger charge is -2.10. The minimum Gasteiger partial charge on any atom is -0.459 e. The Kier molecular flexibility index (Phi) is 4.72. The third-order valence-electron chi connectivity index (χ3n) is 4.99. The average molecular weight is 409 g/mol. The quantitative estimate of drug-likeness (QED) is 0.240. The molecule has 3 aromatic carbocycles. The van der Waals surface area contributed by atoms with Crippen LogP contribution in [-0.2, 0) is 0 Å². The Hall–Kier alpha value is -4.32. The summed E-state index contributed by atoms with van der Waals surface area (Å²) in [6.45, 7) is 0. The normalized spacial score (nSPS) is 11.4. The van der Waals surface area contributed by atoms with Gasteiger partial charge in [-0.15, -0.1) is 0 Å². The van der Waals surface area contributed by atoms with Crippen LogP contribution in [-0.4, -0.2) is 17.1 Å². The highest BCUT2D eigenvalue weighted by atomic mass is 19.1. The molecule has 0 saturated heterocycles. The molecule has 150 valence electrons. The Labute approximate surface area is 176 Å². The fraction of sp³-hybridized carbons (Fsp3) is 0. The summed E-state index contributed by atoms with van der Waals surface area (Å²) in [6.07, 6.45) is 3.00. The molecule has 0 spiro atoms. The molecule has 0 aliphatic heterocycles. The Morgan fingerprint density at radius 2 is 1.81 bits per heavy atom. The van der Waals surface area contributed by atoms with Gasteiger partial charge in [0.15, 0.2) is 5.76 Å². The second-order valence-corrected chi connectivity index (χ2v) is 6.96. The van der Waals surface area contributed by atoms with E-state index in [9.17, 15) is 9.18 Å². The van der Waals surface area contributed by atoms with Crippen LogP contribution in [0.25, 0.3) is 32.9 Å². The van der Waals surface area contributed by atoms with E-state index in [-0.39, 0.29) is 11.6 Å². The van der Waals surface area contributed by atoms with Crippen LogP contribution in [0.3, 0.4) is 0 Å². The largest absolute Gasteiger partial charge is 0.459 e. The molecule has 0 aliphatic rings. The van der Waals surface area contributed by atoms with Crippen molar-refractivity contribution in [3.63, 3.8) is 0 Å². The smallest absolute Gasteiger partial charge is 0.307 e. The van der Waals surface area contributed by atoms with E-state index in [0.29, 0.717) is 5.69 Å². The topological polar surface area (TPSA) is 67.5 Å². The van der Waals surface area contributed by atoms with E-state index in [1.54, 1.807) is 30.5 Å². The lowest BCUT2D eigenvalue weighted by atomic mass is 10.0. The average Bonchev–Trinajstić information content (AvgIpc) is 3.34. The van der Waals surface area contributed by atoms with Crippen LogP contribution in [0.4, 0.5) is 4.39 Å². The number of amides is 1. The van der Waals surface area contributed by atoms with Crippen molar-refractivity contribution < 1.29 is 13.6 Å². The van der Waals surface area contributed by atoms with Gasteiger partial charge >= 0.3 is 5.91 Å². The van der Waals surface area contributed by atoms with Gasteiger partial charge in [0.05, 0.1) is 23.7 Å². The first-order chi connectivity index (χ1) is 15.2. The highest BCUT2D eigenvalue weighted by molar-refractivity contribution is 6.11. The van der Waals surface area contributed by atoms with Gasteiger partial charge in [0, 0.05) is 21.9 Å². The summed E-state index contributed by atoms with van der Waals surface area (Å²) >= 11 is 0. The standard InChI is InChI=1S/C25H16FN3O2/c26-19-10-7-17(8-11-19)22-14-18(15-27-29-25(30)23-6-3-13-31-23)21-12-9-16-4-1-2-5-20(16)24(21)28-22/h1-15H,(H,29,30)/b27-15+. The Balaban J connectivity index is 1.63. The zero-order chi connectivity index (χ0) is 21.2. The van der Waals surface area contributed by atoms with E-state index in [1.807, 2.05) is 42.5 Å². The van der Waals surface area contributed by atoms with E-state index >= 15 is 0 Å². The number of nitrogens with zero attached hydrogens (tertiary/aromatic N) is 2. The molecule has 5 aromatic rings. The first-order valence-corrected chi connectivity index (χ1v) is 9.64. The fourth-order valence-corrected chi connectivity index (χ4v) is 3.48. The zero-order valence-electron chi connectivity index (χ0n) is 16.2. The Bertz CT molecular complexity index is 1430. The second kappa shape index (κ2) is 7.84. The summed E-state index contributed by atoms with van der Waals surface area (Å²) in [4.78, 5) is 16.9. The van der Waals surface area contributed by atoms with Crippen LogP contribution >= 0.6 is 0 Å². The summed E-state index contributed by atoms with van der Waals surface area (Å²) in [5, 5.41) is 7.05. The van der Waals surface area contributed by atoms with Gasteiger partial charge in [-0.3, -0.25) is 4.79 Å². The predicted molar refractivity (Wildman–Crippen MR) is 118 cm³/mol. The number of furan rings is 1. The number of halogens is 1. The number of nitrogens with one attached hydrogen (secondary N) is 1. The summed E-state index contributed by atoms with van der Waals surface area (Å²) in [7, 11) is 0. The first-order valence-electron chi connectivity index (χ1n) is 9.64. The van der Waals surface area contributed by atoms with E-state index in [1.165, 1.54) is 18.4 Å². The number of fused-ring (bicyclic) bond motifs is 3. The van der Waals surface area contributed by atoms with Gasteiger partial charge in [-0.1, -0.05) is 36.4 Å². The maximum absolute atomic E-state index is 13.4. The molecule has 0 fully saturated rings. The fourth-order valence-electron chi connectivity index (χ4n) is 3.48. The third-order valence-corrected chi connectivity index (χ3v) is 4.99. The molecule has 2 aromatic heterocycles. The minimum atomic E-state index is -0.441. The van der Waals surface area contributed by atoms with Crippen molar-refractivity contribution in [2.24, 2.45) is 5.10 Å². The Morgan fingerprint density at radius 3 is 2.61 bits per heavy atom. The van der Waals surface area contributed by atoms with Crippen LogP contribution in [0.15, 0.2) is 94.6 Å². The number of carbonyl (C=O) groups is 1. The zero-order valence-corrected chi connectivity index (χ0v) is 16.2. The summed E-state index contributed by atoms with van der Waals surface area (Å²) in [6, 6.07) is 23.2. The molecule has 1 N–H and O–H groups in total. The number of hydrazone groups is 1. The van der Waals surface area contributed by atoms with Crippen molar-refractivity contribution in [3.8, 4) is 11.3 Å². The highest BCUT2D eigenvalue weighted by Crippen LogP contribution is 2.29. The molecule has 0 unspecified atom stereocenters. The van der Waals surface area contributed by atoms with Gasteiger partial charge in [0.25, 0.3) is 0 Å². The number of rotatable bonds is 4. The monoisotopic (exact) mass is 409 g/mol. The van der Waals surface area contributed by atoms with Crippen molar-refractivity contribution >= 4 is 33.8 Å². The Morgan fingerprint density at radius 1 is 0.968 bits per heavy atom. The number of hydrogen-bond donors (Lipinski definition) is 1. The van der Waals surface area contributed by atoms with E-state index in [2.05, 4.69) is 10.5 Å². The number of pyridine rings is 1. The minimum absolute atomic E-state index is 0.176. The maximum atomic E-state index is 13.4. The van der Waals surface area contributed by atoms with Gasteiger partial charge in [0.2, 0.25) is 0 Å². The highest BCUT2D eigenvalue weighted by Gasteiger charge is 2.11. The van der Waals surface area contributed by atoms with Crippen LogP contribution in [0.2, 0.25) is 0 Å². The van der Waals surface area contributed by atoms with Crippen molar-refractivity contribution in [2.45, 2.75) is 0 Å². The molecule has 5 nitrogen and oxygen atoms in total. The second-order valence-electron chi connectivity index (χ2n) is 6.96. The number of aromatic nitrogens is 1. The molecule has 1 amide bonds. The molecule has 0 saturated carbocycles. The molecule has 0 aliphatic carbocycles. The van der Waals surface area contributed by atoms with Crippen LogP contribution in [0.1, 0.15) is 16.1 Å². The third kappa shape index (κ3) is 3.67. The predicted octanol–water partition coefficient (Wildman–Crippen LogP) is 5.55. The van der Waals surface area contributed by atoms with Gasteiger partial charge in [0.1, 0.15) is 5.82 Å². The molecular weight excluding hydrogens is 393 g/mol. The molecule has 0 radical (unpaired) electrons. The van der Waals surface area contributed by atoms with Crippen molar-refractivity contribution in [2.75, 3.05) is 0 Å². The van der Waals surface area contributed by atoms with Gasteiger partial charge in [-0.05, 0) is 47.9 Å². The van der Waals surface area contributed by atoms with Gasteiger partial charge in [-0.25, -0.2) is 14.8 Å². The molecule has 6 heteroatoms. The maximum Gasteiger partial charge on any atom is 0.307 e. The van der Waals surface area contributed by atoms with Crippen molar-refractivity contribution in [1.82, 2.24) is 10.4 Å². The lowest BCUT2D eigenvalue weighted by Crippen LogP contribution is -2.16. The van der Waals surface area contributed by atoms with Crippen LogP contribution in [0, 0.1) is 5.82 Å². The van der Waals surface area contributed by atoms with Gasteiger partial charge in [-0.2, -0.15) is 5.10 Å². The summed E-state index contributed by atoms with van der Waals surface area (Å²) in [5.41, 5.74) is 5.51. The van der Waals surface area contributed by atoms with Crippen molar-refractivity contribution in [3.05, 3.63) is 102 Å². The molecule has 2 heterocycles. The lowest BCUT2D eigenvalue weighted by molar-refractivity contribution is 0.0927. The van der Waals surface area contributed by atoms with E-state index in [0.717, 1.165) is 32.8 Å². The number of hydrogen-bond acceptors (Lipinski definition) is 4. The van der Waals surface area contributed by atoms with E-state index in [4.69, 9.17) is 9.40 Å². The molecule has 0 atom stereocenters.